The van der Waals surface area contributed by atoms with E-state index in [-0.39, 0.29) is 11.1 Å². The van der Waals surface area contributed by atoms with Gasteiger partial charge in [-0.2, -0.15) is 0 Å². The fourth-order valence-electron chi connectivity index (χ4n) is 1.71. The zero-order chi connectivity index (χ0) is 15.8. The minimum Gasteiger partial charge on any atom is -0.340 e. The van der Waals surface area contributed by atoms with Crippen LogP contribution in [-0.4, -0.2) is 9.97 Å². The highest BCUT2D eigenvalue weighted by Crippen LogP contribution is 2.28. The fraction of sp³-hybridized carbons (Fsp3) is 0.333. The Morgan fingerprint density at radius 3 is 2.14 bits per heavy atom. The third kappa shape index (κ3) is 3.67. The van der Waals surface area contributed by atoms with E-state index >= 15 is 0 Å². The van der Waals surface area contributed by atoms with E-state index in [4.69, 9.17) is 11.6 Å². The molecule has 0 unspecified atom stereocenters. The number of hydrogen-bond donors (Lipinski definition) is 1. The Morgan fingerprint density at radius 1 is 1.05 bits per heavy atom. The Kier molecular flexibility index (Phi) is 4.14. The predicted octanol–water partition coefficient (Wildman–Crippen LogP) is 4.76. The van der Waals surface area contributed by atoms with E-state index in [9.17, 15) is 8.78 Å². The summed E-state index contributed by atoms with van der Waals surface area (Å²) in [7, 11) is 0. The summed E-state index contributed by atoms with van der Waals surface area (Å²) >= 11 is 6.11. The molecule has 0 saturated heterocycles. The van der Waals surface area contributed by atoms with Crippen molar-refractivity contribution in [1.29, 1.82) is 0 Å². The summed E-state index contributed by atoms with van der Waals surface area (Å²) in [5.74, 6) is -0.333. The molecule has 21 heavy (non-hydrogen) atoms. The van der Waals surface area contributed by atoms with E-state index in [1.54, 1.807) is 6.92 Å². The molecule has 2 aromatic rings. The van der Waals surface area contributed by atoms with Gasteiger partial charge in [0.15, 0.2) is 0 Å². The minimum absolute atomic E-state index is 0.269. The largest absolute Gasteiger partial charge is 0.340 e. The second-order valence-electron chi connectivity index (χ2n) is 5.84. The summed E-state index contributed by atoms with van der Waals surface area (Å²) < 4.78 is 26.5. The highest BCUT2D eigenvalue weighted by molar-refractivity contribution is 6.30. The molecule has 0 amide bonds. The summed E-state index contributed by atoms with van der Waals surface area (Å²) in [6, 6.07) is 3.19. The maximum Gasteiger partial charge on any atom is 0.138 e. The second kappa shape index (κ2) is 5.56. The Hall–Kier alpha value is -1.75. The van der Waals surface area contributed by atoms with Gasteiger partial charge in [-0.05, 0) is 19.1 Å². The molecule has 2 rings (SSSR count). The van der Waals surface area contributed by atoms with Crippen LogP contribution in [0.3, 0.4) is 0 Å². The molecular formula is C15H16ClF2N3. The lowest BCUT2D eigenvalue weighted by atomic mass is 9.95. The molecule has 0 bridgehead atoms. The molecule has 6 heteroatoms. The third-order valence-corrected chi connectivity index (χ3v) is 3.25. The highest BCUT2D eigenvalue weighted by atomic mass is 35.5. The van der Waals surface area contributed by atoms with E-state index in [1.165, 1.54) is 12.1 Å². The lowest BCUT2D eigenvalue weighted by Crippen LogP contribution is -2.17. The average Bonchev–Trinajstić information content (AvgIpc) is 2.32. The molecule has 1 aromatic heterocycles. The summed E-state index contributed by atoms with van der Waals surface area (Å²) in [6.07, 6.45) is 0. The van der Waals surface area contributed by atoms with Gasteiger partial charge in [0.2, 0.25) is 0 Å². The van der Waals surface area contributed by atoms with Gasteiger partial charge in [0.25, 0.3) is 0 Å². The van der Waals surface area contributed by atoms with Crippen LogP contribution in [0.5, 0.6) is 0 Å². The number of aromatic nitrogens is 2. The van der Waals surface area contributed by atoms with Crippen molar-refractivity contribution in [3.8, 4) is 0 Å². The third-order valence-electron chi connectivity index (χ3n) is 2.88. The Morgan fingerprint density at radius 2 is 1.62 bits per heavy atom. The van der Waals surface area contributed by atoms with Crippen LogP contribution in [0, 0.1) is 18.6 Å². The van der Waals surface area contributed by atoms with E-state index in [2.05, 4.69) is 15.3 Å². The van der Waals surface area contributed by atoms with Gasteiger partial charge in [0.1, 0.15) is 28.4 Å². The number of nitrogens with one attached hydrogen (secondary N) is 1. The van der Waals surface area contributed by atoms with E-state index in [0.717, 1.165) is 6.07 Å². The van der Waals surface area contributed by atoms with Crippen LogP contribution >= 0.6 is 11.6 Å². The van der Waals surface area contributed by atoms with Crippen molar-refractivity contribution >= 4 is 23.1 Å². The summed E-state index contributed by atoms with van der Waals surface area (Å²) in [5.41, 5.74) is 0.598. The molecule has 1 aromatic carbocycles. The molecule has 0 saturated carbocycles. The molecule has 0 aliphatic carbocycles. The van der Waals surface area contributed by atoms with Gasteiger partial charge in [-0.1, -0.05) is 32.4 Å². The van der Waals surface area contributed by atoms with Crippen LogP contribution in [0.1, 0.15) is 32.2 Å². The van der Waals surface area contributed by atoms with Gasteiger partial charge in [0.05, 0.1) is 0 Å². The van der Waals surface area contributed by atoms with E-state index in [1.807, 2.05) is 20.8 Å². The quantitative estimate of drug-likeness (QED) is 0.813. The Balaban J connectivity index is 2.46. The smallest absolute Gasteiger partial charge is 0.138 e. The van der Waals surface area contributed by atoms with Crippen LogP contribution in [0.25, 0.3) is 0 Å². The van der Waals surface area contributed by atoms with E-state index < -0.39 is 11.6 Å². The monoisotopic (exact) mass is 311 g/mol. The van der Waals surface area contributed by atoms with Gasteiger partial charge in [-0.15, -0.1) is 0 Å². The fourth-order valence-corrected chi connectivity index (χ4v) is 1.88. The Labute approximate surface area is 127 Å². The van der Waals surface area contributed by atoms with E-state index in [0.29, 0.717) is 22.4 Å². The zero-order valence-electron chi connectivity index (χ0n) is 12.3. The van der Waals surface area contributed by atoms with Crippen LogP contribution in [0.2, 0.25) is 5.15 Å². The normalized spacial score (nSPS) is 11.6. The van der Waals surface area contributed by atoms with Gasteiger partial charge in [-0.25, -0.2) is 18.7 Å². The predicted molar refractivity (Wildman–Crippen MR) is 80.1 cm³/mol. The number of nitrogens with zero attached hydrogens (tertiary/aromatic N) is 2. The van der Waals surface area contributed by atoms with Gasteiger partial charge in [-0.3, -0.25) is 0 Å². The lowest BCUT2D eigenvalue weighted by Gasteiger charge is -2.19. The van der Waals surface area contributed by atoms with Gasteiger partial charge >= 0.3 is 0 Å². The summed E-state index contributed by atoms with van der Waals surface area (Å²) in [5, 5.41) is 3.21. The molecule has 0 aliphatic heterocycles. The summed E-state index contributed by atoms with van der Waals surface area (Å²) in [4.78, 5) is 8.65. The zero-order valence-corrected chi connectivity index (χ0v) is 13.0. The SMILES string of the molecule is Cc1c(Cl)nc(C(C)(C)C)nc1Nc1cc(F)cc(F)c1. The number of hydrogen-bond acceptors (Lipinski definition) is 3. The maximum atomic E-state index is 13.2. The molecule has 1 heterocycles. The number of benzene rings is 1. The topological polar surface area (TPSA) is 37.8 Å². The van der Waals surface area contributed by atoms with Crippen molar-refractivity contribution < 1.29 is 8.78 Å². The van der Waals surface area contributed by atoms with Crippen LogP contribution in [0.4, 0.5) is 20.3 Å². The van der Waals surface area contributed by atoms with Crippen molar-refractivity contribution in [3.05, 3.63) is 46.4 Å². The van der Waals surface area contributed by atoms with Gasteiger partial charge < -0.3 is 5.32 Å². The number of rotatable bonds is 2. The van der Waals surface area contributed by atoms with Crippen LogP contribution in [-0.2, 0) is 5.41 Å². The first-order valence-electron chi connectivity index (χ1n) is 6.44. The van der Waals surface area contributed by atoms with Crippen molar-refractivity contribution in [2.75, 3.05) is 5.32 Å². The molecule has 0 radical (unpaired) electrons. The number of anilines is 2. The highest BCUT2D eigenvalue weighted by Gasteiger charge is 2.20. The van der Waals surface area contributed by atoms with Crippen molar-refractivity contribution in [2.24, 2.45) is 0 Å². The lowest BCUT2D eigenvalue weighted by molar-refractivity contribution is 0.545. The average molecular weight is 312 g/mol. The Bertz CT molecular complexity index is 661. The van der Waals surface area contributed by atoms with Gasteiger partial charge in [0, 0.05) is 22.7 Å². The number of halogens is 3. The standard InChI is InChI=1S/C15H16ClF2N3/c1-8-12(16)20-14(15(2,3)4)21-13(8)19-11-6-9(17)5-10(18)7-11/h5-7H,1-4H3,(H,19,20,21). The minimum atomic E-state index is -0.661. The van der Waals surface area contributed by atoms with Crippen LogP contribution in [0.15, 0.2) is 18.2 Å². The molecule has 0 spiro atoms. The molecule has 0 atom stereocenters. The molecule has 0 aliphatic rings. The van der Waals surface area contributed by atoms with Crippen LogP contribution < -0.4 is 5.32 Å². The first-order valence-corrected chi connectivity index (χ1v) is 6.82. The molecule has 0 fully saturated rings. The summed E-state index contributed by atoms with van der Waals surface area (Å²) in [6.45, 7) is 7.62. The van der Waals surface area contributed by atoms with Crippen molar-refractivity contribution in [1.82, 2.24) is 9.97 Å². The van der Waals surface area contributed by atoms with Crippen molar-refractivity contribution in [2.45, 2.75) is 33.1 Å². The first kappa shape index (κ1) is 15.6. The molecule has 112 valence electrons. The maximum absolute atomic E-state index is 13.2. The molecular weight excluding hydrogens is 296 g/mol. The second-order valence-corrected chi connectivity index (χ2v) is 6.20. The molecule has 3 nitrogen and oxygen atoms in total. The molecule has 1 N–H and O–H groups in total. The first-order chi connectivity index (χ1) is 9.66. The van der Waals surface area contributed by atoms with Crippen molar-refractivity contribution in [3.63, 3.8) is 0 Å².